The van der Waals surface area contributed by atoms with Crippen molar-refractivity contribution in [3.8, 4) is 0 Å². The lowest BCUT2D eigenvalue weighted by atomic mass is 10.2. The molecule has 0 aliphatic heterocycles. The number of alkyl carbamates (subject to hydrolysis) is 1. The monoisotopic (exact) mass is 309 g/mol. The second kappa shape index (κ2) is 8.23. The molecule has 7 nitrogen and oxygen atoms in total. The molecule has 1 aromatic rings. The molecule has 0 atom stereocenters. The molecular formula is C15H21N2O5. The van der Waals surface area contributed by atoms with Gasteiger partial charge in [-0.05, 0) is 33.3 Å². The third kappa shape index (κ3) is 8.11. The first-order chi connectivity index (χ1) is 10.3. The molecule has 121 valence electrons. The maximum absolute atomic E-state index is 11.4. The van der Waals surface area contributed by atoms with Crippen molar-refractivity contribution < 1.29 is 23.9 Å². The van der Waals surface area contributed by atoms with E-state index in [0.29, 0.717) is 0 Å². The maximum Gasteiger partial charge on any atom is 0.431 e. The number of amides is 2. The Bertz CT molecular complexity index is 484. The zero-order valence-electron chi connectivity index (χ0n) is 13.1. The molecule has 1 radical (unpaired) electrons. The molecule has 22 heavy (non-hydrogen) atoms. The van der Waals surface area contributed by atoms with Gasteiger partial charge >= 0.3 is 12.2 Å². The van der Waals surface area contributed by atoms with Crippen LogP contribution in [0.2, 0.25) is 0 Å². The number of hydrogen-bond donors (Lipinski definition) is 2. The van der Waals surface area contributed by atoms with E-state index in [0.717, 1.165) is 5.56 Å². The molecule has 1 aromatic carbocycles. The Balaban J connectivity index is 2.21. The summed E-state index contributed by atoms with van der Waals surface area (Å²) in [6.07, 6.45) is -1.38. The summed E-state index contributed by atoms with van der Waals surface area (Å²) in [5, 5.41) is 2.33. The number of carbonyl (C=O) groups excluding carboxylic acids is 2. The van der Waals surface area contributed by atoms with Gasteiger partial charge in [-0.3, -0.25) is 5.32 Å². The minimum Gasteiger partial charge on any atom is -0.444 e. The zero-order valence-corrected chi connectivity index (χ0v) is 13.1. The van der Waals surface area contributed by atoms with E-state index in [1.165, 1.54) is 6.92 Å². The van der Waals surface area contributed by atoms with Gasteiger partial charge in [0.2, 0.25) is 6.23 Å². The number of nitrogens with one attached hydrogen (secondary N) is 2. The van der Waals surface area contributed by atoms with Gasteiger partial charge in [0.15, 0.2) is 0 Å². The lowest BCUT2D eigenvalue weighted by Gasteiger charge is -2.21. The number of ether oxygens (including phenoxy) is 2. The summed E-state index contributed by atoms with van der Waals surface area (Å²) in [7, 11) is 0. The van der Waals surface area contributed by atoms with Crippen molar-refractivity contribution in [2.45, 2.75) is 39.9 Å². The topological polar surface area (TPSA) is 85.9 Å². The van der Waals surface area contributed by atoms with E-state index in [1.54, 1.807) is 20.8 Å². The Hall–Kier alpha value is -2.28. The second-order valence-electron chi connectivity index (χ2n) is 5.45. The molecule has 0 saturated heterocycles. The first-order valence-corrected chi connectivity index (χ1v) is 6.73. The van der Waals surface area contributed by atoms with E-state index in [1.807, 2.05) is 30.3 Å². The van der Waals surface area contributed by atoms with E-state index in [2.05, 4.69) is 10.8 Å². The van der Waals surface area contributed by atoms with Crippen molar-refractivity contribution in [3.63, 3.8) is 0 Å². The minimum atomic E-state index is -0.769. The SMILES string of the molecule is C[C](NC(=O)OC(C)(C)C)ONC(=O)OCc1ccccc1. The van der Waals surface area contributed by atoms with Crippen molar-refractivity contribution in [1.29, 1.82) is 0 Å². The van der Waals surface area contributed by atoms with Crippen LogP contribution in [0.1, 0.15) is 33.3 Å². The largest absolute Gasteiger partial charge is 0.444 e. The van der Waals surface area contributed by atoms with E-state index >= 15 is 0 Å². The number of hydrogen-bond acceptors (Lipinski definition) is 5. The third-order valence-corrected chi connectivity index (χ3v) is 2.18. The molecule has 0 spiro atoms. The summed E-state index contributed by atoms with van der Waals surface area (Å²) < 4.78 is 9.96. The maximum atomic E-state index is 11.4. The van der Waals surface area contributed by atoms with Crippen molar-refractivity contribution in [3.05, 3.63) is 42.1 Å². The van der Waals surface area contributed by atoms with Gasteiger partial charge < -0.3 is 9.47 Å². The van der Waals surface area contributed by atoms with Gasteiger partial charge in [0.25, 0.3) is 0 Å². The highest BCUT2D eigenvalue weighted by Gasteiger charge is 2.19. The van der Waals surface area contributed by atoms with E-state index in [4.69, 9.17) is 14.3 Å². The minimum absolute atomic E-state index is 0.0610. The van der Waals surface area contributed by atoms with E-state index in [-0.39, 0.29) is 12.8 Å². The van der Waals surface area contributed by atoms with Crippen LogP contribution in [0.3, 0.4) is 0 Å². The zero-order chi connectivity index (χ0) is 16.6. The molecule has 1 rings (SSSR count). The smallest absolute Gasteiger partial charge is 0.431 e. The Labute approximate surface area is 129 Å². The second-order valence-corrected chi connectivity index (χ2v) is 5.45. The van der Waals surface area contributed by atoms with Gasteiger partial charge in [-0.25, -0.2) is 14.4 Å². The highest BCUT2D eigenvalue weighted by molar-refractivity contribution is 5.69. The molecule has 0 aromatic heterocycles. The summed E-state index contributed by atoms with van der Waals surface area (Å²) in [4.78, 5) is 27.7. The van der Waals surface area contributed by atoms with E-state index in [9.17, 15) is 9.59 Å². The van der Waals surface area contributed by atoms with Crippen LogP contribution in [-0.4, -0.2) is 17.8 Å². The standard InChI is InChI=1S/C15H21N2O5/c1-11(16-13(18)21-15(2,3)4)22-17-14(19)20-10-12-8-6-5-7-9-12/h5-9H,10H2,1-4H3,(H,16,18)(H,17,19). The van der Waals surface area contributed by atoms with Crippen molar-refractivity contribution >= 4 is 12.2 Å². The van der Waals surface area contributed by atoms with Crippen LogP contribution >= 0.6 is 0 Å². The summed E-state index contributed by atoms with van der Waals surface area (Å²) in [5.74, 6) is 0. The summed E-state index contributed by atoms with van der Waals surface area (Å²) in [6, 6.07) is 9.21. The van der Waals surface area contributed by atoms with Crippen LogP contribution in [0.25, 0.3) is 0 Å². The molecule has 0 bridgehead atoms. The first kappa shape index (κ1) is 17.8. The van der Waals surface area contributed by atoms with E-state index < -0.39 is 17.8 Å². The lowest BCUT2D eigenvalue weighted by molar-refractivity contribution is 0.0116. The van der Waals surface area contributed by atoms with Crippen molar-refractivity contribution in [2.24, 2.45) is 0 Å². The Morgan fingerprint density at radius 3 is 2.32 bits per heavy atom. The molecule has 0 saturated carbocycles. The number of rotatable bonds is 5. The Kier molecular flexibility index (Phi) is 6.65. The number of hydroxylamine groups is 1. The van der Waals surface area contributed by atoms with Crippen LogP contribution < -0.4 is 10.8 Å². The molecule has 2 N–H and O–H groups in total. The summed E-state index contributed by atoms with van der Waals surface area (Å²) in [6.45, 7) is 6.79. The van der Waals surface area contributed by atoms with Gasteiger partial charge in [-0.2, -0.15) is 5.48 Å². The fourth-order valence-electron chi connectivity index (χ4n) is 1.34. The summed E-state index contributed by atoms with van der Waals surface area (Å²) in [5.41, 5.74) is 2.29. The Morgan fingerprint density at radius 2 is 1.73 bits per heavy atom. The van der Waals surface area contributed by atoms with Crippen LogP contribution in [0.4, 0.5) is 9.59 Å². The van der Waals surface area contributed by atoms with Crippen LogP contribution in [0, 0.1) is 6.23 Å². The highest BCUT2D eigenvalue weighted by Crippen LogP contribution is 2.07. The lowest BCUT2D eigenvalue weighted by Crippen LogP contribution is -2.38. The highest BCUT2D eigenvalue weighted by atomic mass is 16.7. The first-order valence-electron chi connectivity index (χ1n) is 6.73. The van der Waals surface area contributed by atoms with Gasteiger partial charge in [-0.1, -0.05) is 30.3 Å². The van der Waals surface area contributed by atoms with Gasteiger partial charge in [0.1, 0.15) is 12.2 Å². The van der Waals surface area contributed by atoms with Crippen molar-refractivity contribution in [1.82, 2.24) is 10.8 Å². The predicted molar refractivity (Wildman–Crippen MR) is 79.1 cm³/mol. The number of benzene rings is 1. The van der Waals surface area contributed by atoms with Gasteiger partial charge in [-0.15, -0.1) is 0 Å². The van der Waals surface area contributed by atoms with Crippen LogP contribution in [0.5, 0.6) is 0 Å². The molecule has 0 heterocycles. The van der Waals surface area contributed by atoms with Gasteiger partial charge in [0.05, 0.1) is 0 Å². The average molecular weight is 309 g/mol. The fourth-order valence-corrected chi connectivity index (χ4v) is 1.34. The molecule has 0 unspecified atom stereocenters. The quantitative estimate of drug-likeness (QED) is 0.817. The number of carbonyl (C=O) groups is 2. The van der Waals surface area contributed by atoms with Gasteiger partial charge in [0, 0.05) is 0 Å². The molecule has 0 fully saturated rings. The van der Waals surface area contributed by atoms with Crippen LogP contribution in [0.15, 0.2) is 30.3 Å². The molecule has 0 aliphatic carbocycles. The predicted octanol–water partition coefficient (Wildman–Crippen LogP) is 2.88. The molecule has 0 aliphatic rings. The summed E-state index contributed by atoms with van der Waals surface area (Å²) >= 11 is 0. The fraction of sp³-hybridized carbons (Fsp3) is 0.400. The molecular weight excluding hydrogens is 288 g/mol. The molecule has 7 heteroatoms. The molecule has 2 amide bonds. The average Bonchev–Trinajstić information content (AvgIpc) is 2.42. The third-order valence-electron chi connectivity index (χ3n) is 2.18. The van der Waals surface area contributed by atoms with Crippen molar-refractivity contribution in [2.75, 3.05) is 0 Å². The normalized spacial score (nSPS) is 11.0. The Morgan fingerprint density at radius 1 is 1.09 bits per heavy atom. The van der Waals surface area contributed by atoms with Crippen LogP contribution in [-0.2, 0) is 20.9 Å².